The van der Waals surface area contributed by atoms with Crippen molar-refractivity contribution in [2.45, 2.75) is 66.5 Å². The van der Waals surface area contributed by atoms with Crippen LogP contribution in [0.4, 0.5) is 4.79 Å². The van der Waals surface area contributed by atoms with E-state index in [-0.39, 0.29) is 24.9 Å². The third-order valence-corrected chi connectivity index (χ3v) is 3.49. The number of ketones is 1. The standard InChI is InChI=1S/C16H28N2O5.C2H6/c1-6-12(19)13(14(20)22-7-2)17-8-10-18(11-9-17)15(21)23-16(3,4)5;1-2/h13H,6-11H2,1-5H3;1-2H3. The van der Waals surface area contributed by atoms with Gasteiger partial charge >= 0.3 is 12.1 Å². The van der Waals surface area contributed by atoms with Crippen molar-refractivity contribution in [1.29, 1.82) is 0 Å². The molecule has 1 amide bonds. The second-order valence-electron chi connectivity index (χ2n) is 6.48. The predicted molar refractivity (Wildman–Crippen MR) is 96.4 cm³/mol. The van der Waals surface area contributed by atoms with Gasteiger partial charge in [-0.1, -0.05) is 20.8 Å². The lowest BCUT2D eigenvalue weighted by molar-refractivity contribution is -0.154. The molecule has 0 radical (unpaired) electrons. The maximum atomic E-state index is 12.1. The Hall–Kier alpha value is -1.63. The molecule has 146 valence electrons. The molecule has 0 aromatic carbocycles. The van der Waals surface area contributed by atoms with Crippen LogP contribution in [0.25, 0.3) is 0 Å². The summed E-state index contributed by atoms with van der Waals surface area (Å²) in [6.07, 6.45) is -0.0953. The number of nitrogens with zero attached hydrogens (tertiary/aromatic N) is 2. The number of amides is 1. The Morgan fingerprint density at radius 1 is 1.00 bits per heavy atom. The zero-order chi connectivity index (χ0) is 19.6. The van der Waals surface area contributed by atoms with Crippen LogP contribution in [0.5, 0.6) is 0 Å². The lowest BCUT2D eigenvalue weighted by atomic mass is 10.1. The first-order chi connectivity index (χ1) is 11.7. The summed E-state index contributed by atoms with van der Waals surface area (Å²) in [4.78, 5) is 39.6. The molecule has 1 saturated heterocycles. The summed E-state index contributed by atoms with van der Waals surface area (Å²) in [6.45, 7) is 14.8. The first kappa shape index (κ1) is 23.4. The van der Waals surface area contributed by atoms with Crippen LogP contribution < -0.4 is 0 Å². The molecule has 1 aliphatic rings. The molecule has 7 nitrogen and oxygen atoms in total. The molecular formula is C18H34N2O5. The SMILES string of the molecule is CC.CCOC(=O)C(C(=O)CC)N1CCN(C(=O)OC(C)(C)C)CC1. The van der Waals surface area contributed by atoms with E-state index in [1.54, 1.807) is 23.6 Å². The average Bonchev–Trinajstić information content (AvgIpc) is 2.56. The largest absolute Gasteiger partial charge is 0.464 e. The third kappa shape index (κ3) is 7.86. The highest BCUT2D eigenvalue weighted by molar-refractivity contribution is 6.03. The molecule has 0 aliphatic carbocycles. The molecule has 1 heterocycles. The fourth-order valence-electron chi connectivity index (χ4n) is 2.39. The molecular weight excluding hydrogens is 324 g/mol. The highest BCUT2D eigenvalue weighted by Crippen LogP contribution is 2.14. The lowest BCUT2D eigenvalue weighted by Crippen LogP contribution is -2.57. The number of esters is 1. The number of rotatable bonds is 5. The normalized spacial score (nSPS) is 16.4. The van der Waals surface area contributed by atoms with Crippen LogP contribution in [-0.4, -0.2) is 72.1 Å². The summed E-state index contributed by atoms with van der Waals surface area (Å²) >= 11 is 0. The lowest BCUT2D eigenvalue weighted by Gasteiger charge is -2.37. The second kappa shape index (κ2) is 11.1. The van der Waals surface area contributed by atoms with Crippen LogP contribution in [-0.2, 0) is 19.1 Å². The summed E-state index contributed by atoms with van der Waals surface area (Å²) in [5.74, 6) is -0.667. The molecule has 0 bridgehead atoms. The molecule has 0 aromatic heterocycles. The van der Waals surface area contributed by atoms with Gasteiger partial charge in [-0.3, -0.25) is 9.69 Å². The van der Waals surface area contributed by atoms with Crippen molar-refractivity contribution in [2.24, 2.45) is 0 Å². The van der Waals surface area contributed by atoms with E-state index in [2.05, 4.69) is 0 Å². The molecule has 0 N–H and O–H groups in total. The van der Waals surface area contributed by atoms with Crippen LogP contribution in [0.2, 0.25) is 0 Å². The van der Waals surface area contributed by atoms with E-state index in [1.165, 1.54) is 0 Å². The number of carbonyl (C=O) groups is 3. The molecule has 25 heavy (non-hydrogen) atoms. The number of piperazine rings is 1. The summed E-state index contributed by atoms with van der Waals surface area (Å²) in [5, 5.41) is 0. The van der Waals surface area contributed by atoms with Gasteiger partial charge in [-0.15, -0.1) is 0 Å². The van der Waals surface area contributed by atoms with Crippen molar-refractivity contribution in [3.63, 3.8) is 0 Å². The van der Waals surface area contributed by atoms with Gasteiger partial charge in [0.05, 0.1) is 6.61 Å². The summed E-state index contributed by atoms with van der Waals surface area (Å²) in [7, 11) is 0. The Morgan fingerprint density at radius 2 is 1.52 bits per heavy atom. The molecule has 0 spiro atoms. The van der Waals surface area contributed by atoms with Crippen molar-refractivity contribution < 1.29 is 23.9 Å². The molecule has 0 aromatic rings. The van der Waals surface area contributed by atoms with E-state index in [0.717, 1.165) is 0 Å². The van der Waals surface area contributed by atoms with Gasteiger partial charge in [-0.25, -0.2) is 9.59 Å². The maximum Gasteiger partial charge on any atom is 0.410 e. The van der Waals surface area contributed by atoms with Crippen LogP contribution in [0.15, 0.2) is 0 Å². The van der Waals surface area contributed by atoms with Crippen LogP contribution in [0.1, 0.15) is 54.9 Å². The van der Waals surface area contributed by atoms with E-state index < -0.39 is 17.6 Å². The van der Waals surface area contributed by atoms with Gasteiger partial charge in [0.25, 0.3) is 0 Å². The highest BCUT2D eigenvalue weighted by Gasteiger charge is 2.36. The van der Waals surface area contributed by atoms with Crippen molar-refractivity contribution in [3.05, 3.63) is 0 Å². The summed E-state index contributed by atoms with van der Waals surface area (Å²) < 4.78 is 10.4. The van der Waals surface area contributed by atoms with Gasteiger partial charge in [-0.2, -0.15) is 0 Å². The van der Waals surface area contributed by atoms with E-state index in [1.807, 2.05) is 34.6 Å². The molecule has 1 unspecified atom stereocenters. The Bertz CT molecular complexity index is 437. The first-order valence-electron chi connectivity index (χ1n) is 9.11. The number of ether oxygens (including phenoxy) is 2. The van der Waals surface area contributed by atoms with Crippen molar-refractivity contribution in [3.8, 4) is 0 Å². The van der Waals surface area contributed by atoms with Gasteiger partial charge in [0.15, 0.2) is 11.8 Å². The van der Waals surface area contributed by atoms with Crippen LogP contribution in [0, 0.1) is 0 Å². The molecule has 0 saturated carbocycles. The predicted octanol–water partition coefficient (Wildman–Crippen LogP) is 2.48. The topological polar surface area (TPSA) is 76.2 Å². The monoisotopic (exact) mass is 358 g/mol. The van der Waals surface area contributed by atoms with E-state index in [4.69, 9.17) is 9.47 Å². The Kier molecular flexibility index (Phi) is 10.4. The third-order valence-electron chi connectivity index (χ3n) is 3.49. The zero-order valence-corrected chi connectivity index (χ0v) is 16.8. The maximum absolute atomic E-state index is 12.1. The van der Waals surface area contributed by atoms with E-state index in [9.17, 15) is 14.4 Å². The van der Waals surface area contributed by atoms with Crippen LogP contribution >= 0.6 is 0 Å². The fourth-order valence-corrected chi connectivity index (χ4v) is 2.39. The Labute approximate surface area is 151 Å². The smallest absolute Gasteiger partial charge is 0.410 e. The summed E-state index contributed by atoms with van der Waals surface area (Å²) in [6, 6.07) is -0.874. The fraction of sp³-hybridized carbons (Fsp3) is 0.833. The average molecular weight is 358 g/mol. The Balaban J connectivity index is 0.00000277. The van der Waals surface area contributed by atoms with Gasteiger partial charge in [0, 0.05) is 32.6 Å². The van der Waals surface area contributed by atoms with Gasteiger partial charge in [-0.05, 0) is 27.7 Å². The minimum absolute atomic E-state index is 0.158. The Morgan fingerprint density at radius 3 is 1.92 bits per heavy atom. The van der Waals surface area contributed by atoms with Gasteiger partial charge in [0.1, 0.15) is 5.60 Å². The first-order valence-corrected chi connectivity index (χ1v) is 9.11. The molecule has 1 aliphatic heterocycles. The van der Waals surface area contributed by atoms with Crippen LogP contribution in [0.3, 0.4) is 0 Å². The van der Waals surface area contributed by atoms with Crippen molar-refractivity contribution in [1.82, 2.24) is 9.80 Å². The number of hydrogen-bond donors (Lipinski definition) is 0. The zero-order valence-electron chi connectivity index (χ0n) is 16.8. The molecule has 1 fully saturated rings. The molecule has 7 heteroatoms. The minimum atomic E-state index is -0.874. The van der Waals surface area contributed by atoms with Gasteiger partial charge < -0.3 is 14.4 Å². The van der Waals surface area contributed by atoms with E-state index >= 15 is 0 Å². The number of hydrogen-bond acceptors (Lipinski definition) is 6. The molecule has 1 atom stereocenters. The minimum Gasteiger partial charge on any atom is -0.464 e. The van der Waals surface area contributed by atoms with E-state index in [0.29, 0.717) is 26.2 Å². The van der Waals surface area contributed by atoms with Crippen molar-refractivity contribution in [2.75, 3.05) is 32.8 Å². The number of carbonyl (C=O) groups excluding carboxylic acids is 3. The number of Topliss-reactive ketones (excluding diaryl/α,β-unsaturated/α-hetero) is 1. The second-order valence-corrected chi connectivity index (χ2v) is 6.48. The highest BCUT2D eigenvalue weighted by atomic mass is 16.6. The van der Waals surface area contributed by atoms with Gasteiger partial charge in [0.2, 0.25) is 0 Å². The molecule has 1 rings (SSSR count). The van der Waals surface area contributed by atoms with Crippen molar-refractivity contribution >= 4 is 17.8 Å². The summed E-state index contributed by atoms with van der Waals surface area (Å²) in [5.41, 5.74) is -0.542. The quantitative estimate of drug-likeness (QED) is 0.555.